The molecule has 8 nitrogen and oxygen atoms in total. The summed E-state index contributed by atoms with van der Waals surface area (Å²) in [7, 11) is 1.41. The van der Waals surface area contributed by atoms with E-state index in [0.29, 0.717) is 29.1 Å². The van der Waals surface area contributed by atoms with E-state index in [1.165, 1.54) is 18.1 Å². The molecule has 0 saturated carbocycles. The number of benzene rings is 2. The maximum Gasteiger partial charge on any atom is 0.295 e. The number of ketones is 1. The Morgan fingerprint density at radius 3 is 2.58 bits per heavy atom. The van der Waals surface area contributed by atoms with Crippen molar-refractivity contribution in [3.8, 4) is 11.5 Å². The number of hydrogen-bond donors (Lipinski definition) is 2. The fourth-order valence-corrected chi connectivity index (χ4v) is 4.05. The standard InChI is InChI=1S/C24H22ClN3O5/c1-33-19-13-16(5-8-18(19)29)21-20(22(30)15-3-6-17(25)7-4-15)23(31)24(32)28(21)11-2-10-27-12-9-26-14-27/h3-9,12-14,21,29-30H,2,10-11H2,1H3. The van der Waals surface area contributed by atoms with Crippen molar-refractivity contribution < 1.29 is 24.5 Å². The van der Waals surface area contributed by atoms with Crippen LogP contribution in [0.2, 0.25) is 5.02 Å². The summed E-state index contributed by atoms with van der Waals surface area (Å²) in [6, 6.07) is 10.1. The number of Topliss-reactive ketones (excluding diaryl/α,β-unsaturated/α-hetero) is 1. The van der Waals surface area contributed by atoms with Gasteiger partial charge in [0.2, 0.25) is 0 Å². The van der Waals surface area contributed by atoms with Gasteiger partial charge >= 0.3 is 0 Å². The van der Waals surface area contributed by atoms with Gasteiger partial charge in [0.15, 0.2) is 11.5 Å². The molecule has 4 rings (SSSR count). The highest BCUT2D eigenvalue weighted by molar-refractivity contribution is 6.46. The lowest BCUT2D eigenvalue weighted by Gasteiger charge is -2.26. The molecule has 2 aromatic carbocycles. The molecule has 1 saturated heterocycles. The van der Waals surface area contributed by atoms with E-state index >= 15 is 0 Å². The predicted molar refractivity (Wildman–Crippen MR) is 122 cm³/mol. The van der Waals surface area contributed by atoms with Gasteiger partial charge in [-0.15, -0.1) is 0 Å². The van der Waals surface area contributed by atoms with Crippen LogP contribution in [0.15, 0.2) is 66.8 Å². The Morgan fingerprint density at radius 2 is 1.91 bits per heavy atom. The lowest BCUT2D eigenvalue weighted by atomic mass is 9.95. The van der Waals surface area contributed by atoms with Crippen molar-refractivity contribution in [3.63, 3.8) is 0 Å². The minimum absolute atomic E-state index is 0.0299. The summed E-state index contributed by atoms with van der Waals surface area (Å²) >= 11 is 5.95. The summed E-state index contributed by atoms with van der Waals surface area (Å²) in [5, 5.41) is 21.5. The Labute approximate surface area is 195 Å². The highest BCUT2D eigenvalue weighted by atomic mass is 35.5. The van der Waals surface area contributed by atoms with Gasteiger partial charge in [0, 0.05) is 36.1 Å². The van der Waals surface area contributed by atoms with Gasteiger partial charge in [-0.25, -0.2) is 4.98 Å². The molecule has 1 atom stereocenters. The maximum atomic E-state index is 13.1. The van der Waals surface area contributed by atoms with Crippen molar-refractivity contribution in [2.24, 2.45) is 0 Å². The molecular formula is C24H22ClN3O5. The van der Waals surface area contributed by atoms with Crippen molar-refractivity contribution in [2.75, 3.05) is 13.7 Å². The summed E-state index contributed by atoms with van der Waals surface area (Å²) in [5.41, 5.74) is 0.867. The van der Waals surface area contributed by atoms with Crippen LogP contribution in [-0.4, -0.2) is 50.0 Å². The first-order valence-corrected chi connectivity index (χ1v) is 10.7. The topological polar surface area (TPSA) is 105 Å². The monoisotopic (exact) mass is 467 g/mol. The summed E-state index contributed by atoms with van der Waals surface area (Å²) < 4.78 is 7.09. The number of aromatic hydroxyl groups is 1. The molecule has 170 valence electrons. The van der Waals surface area contributed by atoms with Crippen molar-refractivity contribution in [1.29, 1.82) is 0 Å². The van der Waals surface area contributed by atoms with Gasteiger partial charge in [0.25, 0.3) is 11.7 Å². The molecule has 0 radical (unpaired) electrons. The normalized spacial score (nSPS) is 17.5. The number of phenols is 1. The molecule has 9 heteroatoms. The lowest BCUT2D eigenvalue weighted by Crippen LogP contribution is -2.31. The molecular weight excluding hydrogens is 446 g/mol. The highest BCUT2D eigenvalue weighted by Gasteiger charge is 2.46. The number of carbonyl (C=O) groups is 2. The van der Waals surface area contributed by atoms with Gasteiger partial charge in [-0.2, -0.15) is 0 Å². The van der Waals surface area contributed by atoms with Crippen LogP contribution < -0.4 is 4.74 Å². The molecule has 1 unspecified atom stereocenters. The third-order valence-corrected chi connectivity index (χ3v) is 5.80. The second-order valence-electron chi connectivity index (χ2n) is 7.58. The van der Waals surface area contributed by atoms with Crippen LogP contribution in [0.3, 0.4) is 0 Å². The van der Waals surface area contributed by atoms with Crippen LogP contribution in [0.4, 0.5) is 0 Å². The van der Waals surface area contributed by atoms with Crippen LogP contribution in [-0.2, 0) is 16.1 Å². The van der Waals surface area contributed by atoms with E-state index in [1.807, 2.05) is 10.8 Å². The predicted octanol–water partition coefficient (Wildman–Crippen LogP) is 3.76. The Balaban J connectivity index is 1.76. The van der Waals surface area contributed by atoms with E-state index in [-0.39, 0.29) is 29.4 Å². The molecule has 2 heterocycles. The number of nitrogens with zero attached hydrogens (tertiary/aromatic N) is 3. The van der Waals surface area contributed by atoms with E-state index in [0.717, 1.165) is 0 Å². The number of amides is 1. The first-order valence-electron chi connectivity index (χ1n) is 10.3. The number of aliphatic hydroxyl groups is 1. The van der Waals surface area contributed by atoms with Gasteiger partial charge in [-0.05, 0) is 48.4 Å². The van der Waals surface area contributed by atoms with Crippen LogP contribution in [0.1, 0.15) is 23.6 Å². The molecule has 0 bridgehead atoms. The molecule has 1 aromatic heterocycles. The van der Waals surface area contributed by atoms with E-state index < -0.39 is 17.7 Å². The van der Waals surface area contributed by atoms with Gasteiger partial charge in [-0.1, -0.05) is 17.7 Å². The van der Waals surface area contributed by atoms with Gasteiger partial charge in [0.05, 0.1) is 25.1 Å². The molecule has 33 heavy (non-hydrogen) atoms. The second kappa shape index (κ2) is 9.38. The first kappa shape index (κ1) is 22.4. The Morgan fingerprint density at radius 1 is 1.15 bits per heavy atom. The summed E-state index contributed by atoms with van der Waals surface area (Å²) in [4.78, 5) is 31.5. The van der Waals surface area contributed by atoms with E-state index in [9.17, 15) is 19.8 Å². The maximum absolute atomic E-state index is 13.1. The van der Waals surface area contributed by atoms with Crippen LogP contribution >= 0.6 is 11.6 Å². The first-order chi connectivity index (χ1) is 15.9. The minimum atomic E-state index is -0.849. The zero-order valence-electron chi connectivity index (χ0n) is 17.8. The summed E-state index contributed by atoms with van der Waals surface area (Å²) in [6.45, 7) is 0.875. The molecule has 3 aromatic rings. The number of methoxy groups -OCH3 is 1. The molecule has 0 spiro atoms. The molecule has 2 N–H and O–H groups in total. The number of hydrogen-bond acceptors (Lipinski definition) is 6. The zero-order chi connectivity index (χ0) is 23.5. The Bertz CT molecular complexity index is 1210. The quantitative estimate of drug-likeness (QED) is 0.311. The number of likely N-dealkylation sites (tertiary alicyclic amines) is 1. The average Bonchev–Trinajstić information content (AvgIpc) is 3.42. The number of ether oxygens (including phenoxy) is 1. The van der Waals surface area contributed by atoms with E-state index in [4.69, 9.17) is 16.3 Å². The Kier molecular flexibility index (Phi) is 6.37. The average molecular weight is 468 g/mol. The number of aliphatic hydroxyl groups excluding tert-OH is 1. The lowest BCUT2D eigenvalue weighted by molar-refractivity contribution is -0.139. The molecule has 0 aliphatic carbocycles. The largest absolute Gasteiger partial charge is 0.507 e. The summed E-state index contributed by atoms with van der Waals surface area (Å²) in [6.07, 6.45) is 5.73. The number of aromatic nitrogens is 2. The molecule has 1 aliphatic rings. The SMILES string of the molecule is COc1cc(C2C(=C(O)c3ccc(Cl)cc3)C(=O)C(=O)N2CCCn2ccnc2)ccc1O. The summed E-state index contributed by atoms with van der Waals surface area (Å²) in [5.74, 6) is -1.64. The Hall–Kier alpha value is -3.78. The van der Waals surface area contributed by atoms with Crippen LogP contribution in [0.25, 0.3) is 5.76 Å². The fourth-order valence-electron chi connectivity index (χ4n) is 3.93. The van der Waals surface area contributed by atoms with Crippen molar-refractivity contribution in [1.82, 2.24) is 14.5 Å². The minimum Gasteiger partial charge on any atom is -0.507 e. The number of carbonyl (C=O) groups excluding carboxylic acids is 2. The highest BCUT2D eigenvalue weighted by Crippen LogP contribution is 2.41. The number of halogens is 1. The van der Waals surface area contributed by atoms with Gasteiger partial charge in [-0.3, -0.25) is 9.59 Å². The molecule has 1 aliphatic heterocycles. The van der Waals surface area contributed by atoms with E-state index in [2.05, 4.69) is 4.98 Å². The van der Waals surface area contributed by atoms with Crippen molar-refractivity contribution >= 4 is 29.1 Å². The van der Waals surface area contributed by atoms with Crippen LogP contribution in [0, 0.1) is 0 Å². The molecule has 1 amide bonds. The van der Waals surface area contributed by atoms with Gasteiger partial charge in [0.1, 0.15) is 5.76 Å². The third-order valence-electron chi connectivity index (χ3n) is 5.55. The zero-order valence-corrected chi connectivity index (χ0v) is 18.6. The molecule has 1 fully saturated rings. The number of phenolic OH excluding ortho intramolecular Hbond substituents is 1. The third kappa shape index (κ3) is 4.42. The second-order valence-corrected chi connectivity index (χ2v) is 8.02. The smallest absolute Gasteiger partial charge is 0.295 e. The van der Waals surface area contributed by atoms with Gasteiger partial charge < -0.3 is 24.4 Å². The number of imidazole rings is 1. The van der Waals surface area contributed by atoms with Crippen LogP contribution in [0.5, 0.6) is 11.5 Å². The van der Waals surface area contributed by atoms with E-state index in [1.54, 1.807) is 48.9 Å². The van der Waals surface area contributed by atoms with Crippen molar-refractivity contribution in [2.45, 2.75) is 19.0 Å². The number of rotatable bonds is 7. The fraction of sp³-hybridized carbons (Fsp3) is 0.208. The number of aryl methyl sites for hydroxylation is 1. The van der Waals surface area contributed by atoms with Crippen molar-refractivity contribution in [3.05, 3.63) is 82.9 Å².